The Morgan fingerprint density at radius 1 is 0.971 bits per heavy atom. The number of aromatic nitrogens is 2. The van der Waals surface area contributed by atoms with E-state index in [9.17, 15) is 9.18 Å². The van der Waals surface area contributed by atoms with Gasteiger partial charge in [-0.2, -0.15) is 0 Å². The molecule has 0 aliphatic rings. The molecule has 2 aromatic heterocycles. The van der Waals surface area contributed by atoms with Gasteiger partial charge in [0.2, 0.25) is 5.91 Å². The molecule has 0 radical (unpaired) electrons. The molecule has 4 nitrogen and oxygen atoms in total. The second-order valence-corrected chi connectivity index (χ2v) is 9.09. The molecule has 0 fully saturated rings. The number of benzene rings is 3. The van der Waals surface area contributed by atoms with Crippen LogP contribution < -0.4 is 0 Å². The van der Waals surface area contributed by atoms with Crippen molar-refractivity contribution in [2.24, 2.45) is 0 Å². The molecular weight excluding hydrogens is 457 g/mol. The van der Waals surface area contributed by atoms with E-state index in [1.54, 1.807) is 29.5 Å². The third-order valence-corrected chi connectivity index (χ3v) is 6.70. The van der Waals surface area contributed by atoms with Crippen molar-refractivity contribution in [2.75, 3.05) is 6.54 Å². The predicted octanol–water partition coefficient (Wildman–Crippen LogP) is 6.49. The quantitative estimate of drug-likeness (QED) is 0.238. The zero-order valence-electron chi connectivity index (χ0n) is 19.0. The Labute approximate surface area is 207 Å². The van der Waals surface area contributed by atoms with Crippen LogP contribution in [0.25, 0.3) is 22.3 Å². The van der Waals surface area contributed by atoms with Gasteiger partial charge in [-0.15, -0.1) is 11.3 Å². The van der Waals surface area contributed by atoms with E-state index in [0.717, 1.165) is 33.0 Å². The van der Waals surface area contributed by atoms with Crippen molar-refractivity contribution in [1.29, 1.82) is 0 Å². The Kier molecular flexibility index (Phi) is 6.82. The van der Waals surface area contributed by atoms with Crippen molar-refractivity contribution in [1.82, 2.24) is 14.3 Å². The lowest BCUT2D eigenvalue weighted by atomic mass is 10.1. The third-order valence-electron chi connectivity index (χ3n) is 5.81. The summed E-state index contributed by atoms with van der Waals surface area (Å²) in [7, 11) is 0. The fraction of sp³-hybridized carbons (Fsp3) is 0.103. The van der Waals surface area contributed by atoms with Crippen LogP contribution in [-0.2, 0) is 17.8 Å². The van der Waals surface area contributed by atoms with Gasteiger partial charge in [-0.25, -0.2) is 9.37 Å². The molecule has 0 spiro atoms. The molecule has 1 amide bonds. The number of carbonyl (C=O) groups is 1. The van der Waals surface area contributed by atoms with E-state index >= 15 is 0 Å². The van der Waals surface area contributed by atoms with Gasteiger partial charge in [-0.3, -0.25) is 9.20 Å². The largest absolute Gasteiger partial charge is 0.334 e. The summed E-state index contributed by atoms with van der Waals surface area (Å²) in [6, 6.07) is 26.2. The molecule has 174 valence electrons. The van der Waals surface area contributed by atoms with E-state index in [1.165, 1.54) is 12.1 Å². The smallest absolute Gasteiger partial charge is 0.246 e. The van der Waals surface area contributed by atoms with E-state index in [0.29, 0.717) is 19.5 Å². The summed E-state index contributed by atoms with van der Waals surface area (Å²) in [5.41, 5.74) is 4.85. The molecule has 2 heterocycles. The Morgan fingerprint density at radius 2 is 1.69 bits per heavy atom. The number of thiazole rings is 1. The highest BCUT2D eigenvalue weighted by atomic mass is 32.1. The van der Waals surface area contributed by atoms with Crippen LogP contribution in [0.5, 0.6) is 0 Å². The number of nitrogens with zero attached hydrogens (tertiary/aromatic N) is 3. The number of imidazole rings is 1. The van der Waals surface area contributed by atoms with Gasteiger partial charge in [0, 0.05) is 48.4 Å². The number of amides is 1. The van der Waals surface area contributed by atoms with Gasteiger partial charge in [0.15, 0.2) is 4.96 Å². The van der Waals surface area contributed by atoms with Crippen molar-refractivity contribution in [3.63, 3.8) is 0 Å². The van der Waals surface area contributed by atoms with Crippen molar-refractivity contribution in [3.8, 4) is 11.3 Å². The maximum atomic E-state index is 13.3. The first-order valence-corrected chi connectivity index (χ1v) is 12.3. The fourth-order valence-electron chi connectivity index (χ4n) is 3.93. The lowest BCUT2D eigenvalue weighted by Crippen LogP contribution is -2.31. The van der Waals surface area contributed by atoms with Crippen molar-refractivity contribution in [3.05, 3.63) is 125 Å². The highest BCUT2D eigenvalue weighted by Gasteiger charge is 2.15. The summed E-state index contributed by atoms with van der Waals surface area (Å²) >= 11 is 1.56. The second kappa shape index (κ2) is 10.5. The van der Waals surface area contributed by atoms with Gasteiger partial charge in [0.1, 0.15) is 5.82 Å². The molecule has 0 atom stereocenters. The minimum Gasteiger partial charge on any atom is -0.334 e. The average Bonchev–Trinajstić information content (AvgIpc) is 3.48. The van der Waals surface area contributed by atoms with Gasteiger partial charge in [-0.05, 0) is 41.5 Å². The molecule has 6 heteroatoms. The molecule has 0 saturated carbocycles. The fourth-order valence-corrected chi connectivity index (χ4v) is 4.83. The first-order chi connectivity index (χ1) is 17.2. The molecule has 0 aliphatic carbocycles. The third kappa shape index (κ3) is 5.55. The number of hydrogen-bond donors (Lipinski definition) is 0. The van der Waals surface area contributed by atoms with Crippen molar-refractivity contribution < 1.29 is 9.18 Å². The molecular formula is C29H24FN3OS. The molecule has 0 aliphatic heterocycles. The highest BCUT2D eigenvalue weighted by Crippen LogP contribution is 2.24. The van der Waals surface area contributed by atoms with Crippen LogP contribution in [0.4, 0.5) is 4.39 Å². The van der Waals surface area contributed by atoms with Crippen LogP contribution in [0.3, 0.4) is 0 Å². The monoisotopic (exact) mass is 481 g/mol. The number of halogens is 1. The highest BCUT2D eigenvalue weighted by molar-refractivity contribution is 7.15. The van der Waals surface area contributed by atoms with Crippen LogP contribution in [-0.4, -0.2) is 26.7 Å². The summed E-state index contributed by atoms with van der Waals surface area (Å²) in [5.74, 6) is -0.290. The standard InChI is InChI=1S/C29H24FN3OS/c30-25-14-12-24(13-15-25)27-20-33-26(21-35-29(33)31-27)17-18-32(19-23-9-5-2-6-10-23)28(34)16-11-22-7-3-1-4-8-22/h1-16,20-21H,17-19H2. The van der Waals surface area contributed by atoms with Crippen molar-refractivity contribution in [2.45, 2.75) is 13.0 Å². The maximum absolute atomic E-state index is 13.3. The summed E-state index contributed by atoms with van der Waals surface area (Å²) in [4.78, 5) is 20.6. The predicted molar refractivity (Wildman–Crippen MR) is 140 cm³/mol. The summed E-state index contributed by atoms with van der Waals surface area (Å²) in [5, 5.41) is 2.09. The molecule has 0 bridgehead atoms. The van der Waals surface area contributed by atoms with E-state index in [4.69, 9.17) is 4.98 Å². The SMILES string of the molecule is O=C(C=Cc1ccccc1)N(CCc1csc2nc(-c3ccc(F)cc3)cn12)Cc1ccccc1. The molecule has 3 aromatic carbocycles. The Bertz CT molecular complexity index is 1440. The van der Waals surface area contributed by atoms with Crippen LogP contribution in [0.2, 0.25) is 0 Å². The Balaban J connectivity index is 1.34. The Morgan fingerprint density at radius 3 is 2.43 bits per heavy atom. The normalized spacial score (nSPS) is 11.3. The van der Waals surface area contributed by atoms with Gasteiger partial charge < -0.3 is 4.90 Å². The number of carbonyl (C=O) groups excluding carboxylic acids is 1. The van der Waals surface area contributed by atoms with Gasteiger partial charge in [-0.1, -0.05) is 60.7 Å². The summed E-state index contributed by atoms with van der Waals surface area (Å²) in [6.45, 7) is 1.11. The summed E-state index contributed by atoms with van der Waals surface area (Å²) < 4.78 is 15.4. The van der Waals surface area contributed by atoms with Gasteiger partial charge in [0.05, 0.1) is 5.69 Å². The minimum absolute atomic E-state index is 0.0261. The van der Waals surface area contributed by atoms with Crippen molar-refractivity contribution >= 4 is 28.3 Å². The Hall–Kier alpha value is -4.03. The molecule has 0 unspecified atom stereocenters. The van der Waals surface area contributed by atoms with Gasteiger partial charge >= 0.3 is 0 Å². The van der Waals surface area contributed by atoms with Crippen LogP contribution in [0, 0.1) is 5.82 Å². The topological polar surface area (TPSA) is 37.6 Å². The first-order valence-electron chi connectivity index (χ1n) is 11.4. The molecule has 5 aromatic rings. The summed E-state index contributed by atoms with van der Waals surface area (Å²) in [6.07, 6.45) is 6.17. The van der Waals surface area contributed by atoms with Crippen LogP contribution in [0.15, 0.2) is 103 Å². The molecule has 0 saturated heterocycles. The zero-order chi connectivity index (χ0) is 24.0. The van der Waals surface area contributed by atoms with Crippen LogP contribution in [0.1, 0.15) is 16.8 Å². The van der Waals surface area contributed by atoms with E-state index in [2.05, 4.69) is 9.78 Å². The maximum Gasteiger partial charge on any atom is 0.246 e. The average molecular weight is 482 g/mol. The number of hydrogen-bond acceptors (Lipinski definition) is 3. The lowest BCUT2D eigenvalue weighted by molar-refractivity contribution is -0.126. The molecule has 5 rings (SSSR count). The number of rotatable bonds is 8. The minimum atomic E-state index is -0.264. The second-order valence-electron chi connectivity index (χ2n) is 8.25. The molecule has 0 N–H and O–H groups in total. The number of fused-ring (bicyclic) bond motifs is 1. The van der Waals surface area contributed by atoms with E-state index in [-0.39, 0.29) is 11.7 Å². The molecule has 35 heavy (non-hydrogen) atoms. The van der Waals surface area contributed by atoms with Gasteiger partial charge in [0.25, 0.3) is 0 Å². The lowest BCUT2D eigenvalue weighted by Gasteiger charge is -2.21. The van der Waals surface area contributed by atoms with E-state index < -0.39 is 0 Å². The zero-order valence-corrected chi connectivity index (χ0v) is 19.9. The first kappa shape index (κ1) is 22.7. The van der Waals surface area contributed by atoms with E-state index in [1.807, 2.05) is 77.8 Å². The van der Waals surface area contributed by atoms with Crippen LogP contribution >= 0.6 is 11.3 Å².